The highest BCUT2D eigenvalue weighted by Crippen LogP contribution is 2.38. The highest BCUT2D eigenvalue weighted by atomic mass is 35.5. The van der Waals surface area contributed by atoms with Gasteiger partial charge in [-0.3, -0.25) is 0 Å². The Kier molecular flexibility index (Phi) is 1.97. The number of halogens is 1. The zero-order valence-electron chi connectivity index (χ0n) is 9.53. The van der Waals surface area contributed by atoms with Gasteiger partial charge in [-0.1, -0.05) is 35.9 Å². The van der Waals surface area contributed by atoms with Crippen LogP contribution in [0.3, 0.4) is 0 Å². The number of benzene rings is 2. The minimum absolute atomic E-state index is 0.700. The van der Waals surface area contributed by atoms with E-state index in [1.807, 2.05) is 30.5 Å². The second-order valence-corrected chi connectivity index (χ2v) is 4.82. The maximum Gasteiger partial charge on any atom is 0.154 e. The zero-order chi connectivity index (χ0) is 12.1. The van der Waals surface area contributed by atoms with Crippen molar-refractivity contribution in [1.29, 1.82) is 0 Å². The molecule has 0 unspecified atom stereocenters. The number of rotatable bonds is 0. The largest absolute Gasteiger partial charge is 0.457 e. The first-order valence-electron chi connectivity index (χ1n) is 5.87. The summed E-state index contributed by atoms with van der Waals surface area (Å²) >= 11 is 6.46. The van der Waals surface area contributed by atoms with Gasteiger partial charge in [0, 0.05) is 16.3 Å². The van der Waals surface area contributed by atoms with Gasteiger partial charge < -0.3 is 9.73 Å². The smallest absolute Gasteiger partial charge is 0.154 e. The Morgan fingerprint density at radius 2 is 2.06 bits per heavy atom. The molecular formula is C15H10ClNO. The van der Waals surface area contributed by atoms with Gasteiger partial charge in [0.05, 0.1) is 11.6 Å². The van der Waals surface area contributed by atoms with Crippen molar-refractivity contribution in [3.05, 3.63) is 52.9 Å². The van der Waals surface area contributed by atoms with Crippen LogP contribution in [0.25, 0.3) is 27.8 Å². The lowest BCUT2D eigenvalue weighted by molar-refractivity contribution is 0.533. The number of nitrogens with one attached hydrogen (secondary N) is 1. The first-order chi connectivity index (χ1) is 8.84. The van der Waals surface area contributed by atoms with E-state index >= 15 is 0 Å². The van der Waals surface area contributed by atoms with Gasteiger partial charge in [0.15, 0.2) is 5.58 Å². The first-order valence-corrected chi connectivity index (χ1v) is 6.25. The van der Waals surface area contributed by atoms with E-state index in [0.717, 1.165) is 33.1 Å². The summed E-state index contributed by atoms with van der Waals surface area (Å²) in [5.74, 6) is 0.949. The maximum absolute atomic E-state index is 6.46. The van der Waals surface area contributed by atoms with Gasteiger partial charge in [-0.05, 0) is 23.7 Å². The lowest BCUT2D eigenvalue weighted by Crippen LogP contribution is -2.07. The molecule has 1 aliphatic rings. The Morgan fingerprint density at radius 1 is 1.17 bits per heavy atom. The van der Waals surface area contributed by atoms with Gasteiger partial charge in [-0.25, -0.2) is 0 Å². The standard InChI is InChI=1S/C15H10ClNO/c16-14-10-4-2-1-3-9(10)7-12-11-5-6-17-8-13(11)18-15(12)14/h1-7,17H,8H2. The second-order valence-electron chi connectivity index (χ2n) is 4.44. The molecule has 0 bridgehead atoms. The van der Waals surface area contributed by atoms with Crippen molar-refractivity contribution in [3.63, 3.8) is 0 Å². The highest BCUT2D eigenvalue weighted by Gasteiger charge is 2.17. The molecule has 3 aromatic rings. The molecule has 0 aliphatic carbocycles. The predicted octanol–water partition coefficient (Wildman–Crippen LogP) is 4.31. The molecule has 1 aromatic heterocycles. The summed E-state index contributed by atoms with van der Waals surface area (Å²) in [6.45, 7) is 0.715. The van der Waals surface area contributed by atoms with Gasteiger partial charge in [0.25, 0.3) is 0 Å². The van der Waals surface area contributed by atoms with Crippen LogP contribution in [0.2, 0.25) is 5.02 Å². The van der Waals surface area contributed by atoms with Crippen molar-refractivity contribution in [2.45, 2.75) is 6.54 Å². The molecule has 2 aromatic carbocycles. The lowest BCUT2D eigenvalue weighted by Gasteiger charge is -2.04. The highest BCUT2D eigenvalue weighted by molar-refractivity contribution is 6.40. The van der Waals surface area contributed by atoms with Crippen molar-refractivity contribution in [1.82, 2.24) is 5.32 Å². The van der Waals surface area contributed by atoms with E-state index in [9.17, 15) is 0 Å². The minimum atomic E-state index is 0.700. The Bertz CT molecular complexity index is 801. The van der Waals surface area contributed by atoms with Crippen LogP contribution in [0.4, 0.5) is 0 Å². The van der Waals surface area contributed by atoms with Gasteiger partial charge in [-0.2, -0.15) is 0 Å². The van der Waals surface area contributed by atoms with Gasteiger partial charge >= 0.3 is 0 Å². The van der Waals surface area contributed by atoms with E-state index in [4.69, 9.17) is 16.0 Å². The number of hydrogen-bond acceptors (Lipinski definition) is 2. The quantitative estimate of drug-likeness (QED) is 0.647. The third-order valence-corrected chi connectivity index (χ3v) is 3.76. The summed E-state index contributed by atoms with van der Waals surface area (Å²) in [5.41, 5.74) is 1.92. The molecule has 2 nitrogen and oxygen atoms in total. The van der Waals surface area contributed by atoms with Crippen molar-refractivity contribution in [2.75, 3.05) is 0 Å². The maximum atomic E-state index is 6.46. The van der Waals surface area contributed by atoms with Crippen LogP contribution in [0.1, 0.15) is 11.3 Å². The Hall–Kier alpha value is -1.93. The summed E-state index contributed by atoms with van der Waals surface area (Å²) in [6, 6.07) is 10.3. The van der Waals surface area contributed by atoms with Gasteiger partial charge in [0.2, 0.25) is 0 Å². The monoisotopic (exact) mass is 255 g/mol. The predicted molar refractivity (Wildman–Crippen MR) is 74.6 cm³/mol. The SMILES string of the molecule is Clc1c2ccccc2cc2c3c(oc12)CNC=C3. The molecule has 0 atom stereocenters. The van der Waals surface area contributed by atoms with Crippen molar-refractivity contribution < 1.29 is 4.42 Å². The second kappa shape index (κ2) is 3.53. The van der Waals surface area contributed by atoms with Crippen LogP contribution in [-0.2, 0) is 6.54 Å². The van der Waals surface area contributed by atoms with Crippen LogP contribution in [0.15, 0.2) is 40.9 Å². The van der Waals surface area contributed by atoms with Crippen LogP contribution >= 0.6 is 11.6 Å². The van der Waals surface area contributed by atoms with E-state index in [2.05, 4.69) is 17.4 Å². The molecule has 2 heterocycles. The molecule has 0 radical (unpaired) electrons. The van der Waals surface area contributed by atoms with E-state index in [-0.39, 0.29) is 0 Å². The summed E-state index contributed by atoms with van der Waals surface area (Å²) in [5, 5.41) is 7.12. The summed E-state index contributed by atoms with van der Waals surface area (Å²) in [7, 11) is 0. The van der Waals surface area contributed by atoms with Crippen molar-refractivity contribution >= 4 is 39.4 Å². The van der Waals surface area contributed by atoms with Crippen molar-refractivity contribution in [2.24, 2.45) is 0 Å². The molecular weight excluding hydrogens is 246 g/mol. The molecule has 88 valence electrons. The number of hydrogen-bond donors (Lipinski definition) is 1. The van der Waals surface area contributed by atoms with E-state index < -0.39 is 0 Å². The summed E-state index contributed by atoms with van der Waals surface area (Å²) < 4.78 is 5.88. The minimum Gasteiger partial charge on any atom is -0.457 e. The summed E-state index contributed by atoms with van der Waals surface area (Å²) in [6.07, 6.45) is 3.98. The third-order valence-electron chi connectivity index (χ3n) is 3.39. The molecule has 1 aliphatic heterocycles. The molecule has 0 saturated heterocycles. The zero-order valence-corrected chi connectivity index (χ0v) is 10.3. The Balaban J connectivity index is 2.22. The van der Waals surface area contributed by atoms with Crippen LogP contribution in [0.5, 0.6) is 0 Å². The van der Waals surface area contributed by atoms with E-state index in [1.165, 1.54) is 0 Å². The van der Waals surface area contributed by atoms with Gasteiger partial charge in [-0.15, -0.1) is 0 Å². The van der Waals surface area contributed by atoms with E-state index in [1.54, 1.807) is 0 Å². The average molecular weight is 256 g/mol. The molecule has 0 spiro atoms. The van der Waals surface area contributed by atoms with Crippen molar-refractivity contribution in [3.8, 4) is 0 Å². The molecule has 3 heteroatoms. The molecule has 0 fully saturated rings. The molecule has 0 amide bonds. The van der Waals surface area contributed by atoms with E-state index in [0.29, 0.717) is 11.6 Å². The normalized spacial score (nSPS) is 13.8. The topological polar surface area (TPSA) is 25.2 Å². The fraction of sp³-hybridized carbons (Fsp3) is 0.0667. The van der Waals surface area contributed by atoms with Crippen LogP contribution in [-0.4, -0.2) is 0 Å². The molecule has 1 N–H and O–H groups in total. The lowest BCUT2D eigenvalue weighted by atomic mass is 10.0. The van der Waals surface area contributed by atoms with Gasteiger partial charge in [0.1, 0.15) is 5.76 Å². The average Bonchev–Trinajstić information content (AvgIpc) is 2.79. The third kappa shape index (κ3) is 1.24. The number of furan rings is 1. The number of fused-ring (bicyclic) bond motifs is 4. The van der Waals surface area contributed by atoms with Crippen LogP contribution in [0, 0.1) is 0 Å². The Labute approximate surface area is 109 Å². The van der Waals surface area contributed by atoms with Crippen LogP contribution < -0.4 is 5.32 Å². The molecule has 18 heavy (non-hydrogen) atoms. The first kappa shape index (κ1) is 10.0. The molecule has 0 saturated carbocycles. The molecule has 4 rings (SSSR count). The Morgan fingerprint density at radius 3 is 3.00 bits per heavy atom. The fourth-order valence-electron chi connectivity index (χ4n) is 2.52. The fourth-order valence-corrected chi connectivity index (χ4v) is 2.83. The summed E-state index contributed by atoms with van der Waals surface area (Å²) in [4.78, 5) is 0.